The Balaban J connectivity index is 2.07. The zero-order chi connectivity index (χ0) is 19.2. The Morgan fingerprint density at radius 3 is 2.78 bits per heavy atom. The van der Waals surface area contributed by atoms with Crippen LogP contribution in [-0.4, -0.2) is 17.2 Å². The van der Waals surface area contributed by atoms with Crippen LogP contribution in [0.2, 0.25) is 10.0 Å². The topological polar surface area (TPSA) is 63.6 Å². The lowest BCUT2D eigenvalue weighted by Gasteiger charge is -2.24. The normalized spacial score (nSPS) is 14.4. The first-order valence-corrected chi connectivity index (χ1v) is 9.43. The van der Waals surface area contributed by atoms with E-state index in [1.54, 1.807) is 19.2 Å². The van der Waals surface area contributed by atoms with Crippen molar-refractivity contribution in [3.63, 3.8) is 0 Å². The largest absolute Gasteiger partial charge is 0.426 e. The third kappa shape index (κ3) is 4.67. The molecule has 1 atom stereocenters. The van der Waals surface area contributed by atoms with Crippen molar-refractivity contribution in [2.45, 2.75) is 32.2 Å². The number of para-hydroxylation sites is 1. The van der Waals surface area contributed by atoms with Gasteiger partial charge in [0.2, 0.25) is 0 Å². The minimum Gasteiger partial charge on any atom is -0.426 e. The molecule has 27 heavy (non-hydrogen) atoms. The molecule has 0 saturated heterocycles. The van der Waals surface area contributed by atoms with Crippen LogP contribution >= 0.6 is 23.2 Å². The summed E-state index contributed by atoms with van der Waals surface area (Å²) in [5.74, 6) is 0.864. The van der Waals surface area contributed by atoms with Crippen LogP contribution in [0.4, 0.5) is 0 Å². The van der Waals surface area contributed by atoms with Crippen molar-refractivity contribution in [1.82, 2.24) is 10.3 Å². The minimum absolute atomic E-state index is 0.279. The summed E-state index contributed by atoms with van der Waals surface area (Å²) in [4.78, 5) is 20.4. The van der Waals surface area contributed by atoms with E-state index in [9.17, 15) is 4.79 Å². The van der Waals surface area contributed by atoms with Gasteiger partial charge < -0.3 is 10.1 Å². The first-order valence-electron chi connectivity index (χ1n) is 8.68. The predicted molar refractivity (Wildman–Crippen MR) is 107 cm³/mol. The summed E-state index contributed by atoms with van der Waals surface area (Å²) in [5.41, 5.74) is 1.41. The van der Waals surface area contributed by atoms with Crippen LogP contribution < -0.4 is 10.1 Å². The van der Waals surface area contributed by atoms with Crippen molar-refractivity contribution < 1.29 is 9.53 Å². The first kappa shape index (κ1) is 19.4. The molecule has 2 aromatic rings. The number of esters is 1. The number of benzene rings is 1. The zero-order valence-corrected chi connectivity index (χ0v) is 16.3. The lowest BCUT2D eigenvalue weighted by Crippen LogP contribution is -2.24. The van der Waals surface area contributed by atoms with Gasteiger partial charge in [-0.15, -0.1) is 0 Å². The molecule has 1 aliphatic heterocycles. The van der Waals surface area contributed by atoms with E-state index in [2.05, 4.69) is 15.3 Å². The van der Waals surface area contributed by atoms with Gasteiger partial charge in [-0.2, -0.15) is 0 Å². The highest BCUT2D eigenvalue weighted by Crippen LogP contribution is 2.37. The number of aromatic nitrogens is 1. The SMILES string of the molecule is CCC(=O)Oc1ccccc1C(NC1=CCCC=N1)c1cncc(Cl)c1Cl. The Morgan fingerprint density at radius 1 is 1.22 bits per heavy atom. The van der Waals surface area contributed by atoms with Crippen LogP contribution in [0.15, 0.2) is 53.5 Å². The number of carbonyl (C=O) groups excluding carboxylic acids is 1. The van der Waals surface area contributed by atoms with Gasteiger partial charge in [0.25, 0.3) is 0 Å². The maximum Gasteiger partial charge on any atom is 0.310 e. The average Bonchev–Trinajstić information content (AvgIpc) is 2.70. The van der Waals surface area contributed by atoms with E-state index >= 15 is 0 Å². The van der Waals surface area contributed by atoms with Crippen molar-refractivity contribution >= 4 is 35.4 Å². The molecule has 0 bridgehead atoms. The van der Waals surface area contributed by atoms with Crippen LogP contribution in [0, 0.1) is 0 Å². The van der Waals surface area contributed by atoms with E-state index < -0.39 is 6.04 Å². The quantitative estimate of drug-likeness (QED) is 0.538. The highest BCUT2D eigenvalue weighted by atomic mass is 35.5. The third-order valence-corrected chi connectivity index (χ3v) is 4.88. The summed E-state index contributed by atoms with van der Waals surface area (Å²) in [6.07, 6.45) is 9.09. The van der Waals surface area contributed by atoms with E-state index in [1.165, 1.54) is 6.20 Å². The number of hydrogen-bond donors (Lipinski definition) is 1. The molecule has 140 valence electrons. The molecule has 1 N–H and O–H groups in total. The maximum absolute atomic E-state index is 11.9. The van der Waals surface area contributed by atoms with Gasteiger partial charge in [-0.05, 0) is 25.0 Å². The van der Waals surface area contributed by atoms with Gasteiger partial charge in [0.05, 0.1) is 16.1 Å². The minimum atomic E-state index is -0.439. The Morgan fingerprint density at radius 2 is 2.04 bits per heavy atom. The molecule has 0 saturated carbocycles. The van der Waals surface area contributed by atoms with Crippen LogP contribution in [0.1, 0.15) is 43.4 Å². The van der Waals surface area contributed by atoms with E-state index in [4.69, 9.17) is 27.9 Å². The van der Waals surface area contributed by atoms with Gasteiger partial charge in [0.1, 0.15) is 11.6 Å². The Kier molecular flexibility index (Phi) is 6.48. The molecule has 7 heteroatoms. The van der Waals surface area contributed by atoms with Crippen molar-refractivity contribution in [3.8, 4) is 5.75 Å². The van der Waals surface area contributed by atoms with Crippen molar-refractivity contribution in [2.24, 2.45) is 4.99 Å². The predicted octanol–water partition coefficient (Wildman–Crippen LogP) is 5.09. The maximum atomic E-state index is 11.9. The lowest BCUT2D eigenvalue weighted by molar-refractivity contribution is -0.134. The Hall–Kier alpha value is -2.37. The summed E-state index contributed by atoms with van der Waals surface area (Å²) >= 11 is 12.6. The van der Waals surface area contributed by atoms with Crippen LogP contribution in [0.25, 0.3) is 0 Å². The summed E-state index contributed by atoms with van der Waals surface area (Å²) in [5, 5.41) is 4.12. The smallest absolute Gasteiger partial charge is 0.310 e. The number of allylic oxidation sites excluding steroid dienone is 1. The highest BCUT2D eigenvalue weighted by Gasteiger charge is 2.24. The first-order chi connectivity index (χ1) is 13.1. The fourth-order valence-corrected chi connectivity index (χ4v) is 3.09. The molecule has 1 aliphatic rings. The number of ether oxygens (including phenoxy) is 1. The number of halogens is 2. The molecule has 0 aliphatic carbocycles. The molecule has 5 nitrogen and oxygen atoms in total. The van der Waals surface area contributed by atoms with Crippen LogP contribution in [0.3, 0.4) is 0 Å². The van der Waals surface area contributed by atoms with Crippen molar-refractivity contribution in [1.29, 1.82) is 0 Å². The van der Waals surface area contributed by atoms with Gasteiger partial charge in [-0.25, -0.2) is 4.99 Å². The number of rotatable bonds is 6. The monoisotopic (exact) mass is 403 g/mol. The second kappa shape index (κ2) is 9.02. The molecule has 0 amide bonds. The van der Waals surface area contributed by atoms with E-state index in [0.29, 0.717) is 21.4 Å². The van der Waals surface area contributed by atoms with Gasteiger partial charge >= 0.3 is 5.97 Å². The summed E-state index contributed by atoms with van der Waals surface area (Å²) in [6.45, 7) is 1.75. The molecule has 1 aromatic heterocycles. The lowest BCUT2D eigenvalue weighted by atomic mass is 9.98. The summed E-state index contributed by atoms with van der Waals surface area (Å²) < 4.78 is 5.52. The van der Waals surface area contributed by atoms with Crippen LogP contribution in [-0.2, 0) is 4.79 Å². The van der Waals surface area contributed by atoms with E-state index in [-0.39, 0.29) is 12.4 Å². The van der Waals surface area contributed by atoms with Gasteiger partial charge in [0, 0.05) is 36.2 Å². The molecule has 0 fully saturated rings. The van der Waals surface area contributed by atoms with E-state index in [0.717, 1.165) is 24.2 Å². The van der Waals surface area contributed by atoms with Gasteiger partial charge in [0.15, 0.2) is 0 Å². The fraction of sp³-hybridized carbons (Fsp3) is 0.250. The fourth-order valence-electron chi connectivity index (χ4n) is 2.72. The van der Waals surface area contributed by atoms with Gasteiger partial charge in [-0.1, -0.05) is 48.3 Å². The third-order valence-electron chi connectivity index (χ3n) is 4.07. The van der Waals surface area contributed by atoms with E-state index in [1.807, 2.05) is 30.5 Å². The second-order valence-electron chi connectivity index (χ2n) is 5.95. The standard InChI is InChI=1S/C20H19Cl2N3O2/c1-2-18(26)27-16-8-4-3-7-13(16)20(25-17-9-5-6-10-24-17)14-11-23-12-15(21)19(14)22/h3-4,7-12,20,25H,2,5-6H2,1H3. The Labute approximate surface area is 168 Å². The molecular formula is C20H19Cl2N3O2. The number of aliphatic imine (C=N–C) groups is 1. The highest BCUT2D eigenvalue weighted by molar-refractivity contribution is 6.42. The molecule has 2 heterocycles. The average molecular weight is 404 g/mol. The number of carbonyl (C=O) groups is 1. The number of nitrogens with zero attached hydrogens (tertiary/aromatic N) is 2. The number of nitrogens with one attached hydrogen (secondary N) is 1. The second-order valence-corrected chi connectivity index (χ2v) is 6.73. The zero-order valence-electron chi connectivity index (χ0n) is 14.8. The van der Waals surface area contributed by atoms with Crippen LogP contribution in [0.5, 0.6) is 5.75 Å². The van der Waals surface area contributed by atoms with Crippen molar-refractivity contribution in [2.75, 3.05) is 0 Å². The number of pyridine rings is 1. The van der Waals surface area contributed by atoms with Crippen molar-refractivity contribution in [3.05, 3.63) is 69.7 Å². The molecule has 0 spiro atoms. The molecule has 1 unspecified atom stereocenters. The summed E-state index contributed by atoms with van der Waals surface area (Å²) in [6, 6.07) is 6.88. The molecular weight excluding hydrogens is 385 g/mol. The number of hydrogen-bond acceptors (Lipinski definition) is 5. The summed E-state index contributed by atoms with van der Waals surface area (Å²) in [7, 11) is 0. The Bertz CT molecular complexity index is 897. The molecule has 1 aromatic carbocycles. The molecule has 3 rings (SSSR count). The van der Waals surface area contributed by atoms with Gasteiger partial charge in [-0.3, -0.25) is 9.78 Å². The molecule has 0 radical (unpaired) electrons.